The van der Waals surface area contributed by atoms with Crippen molar-refractivity contribution in [3.8, 4) is 0 Å². The summed E-state index contributed by atoms with van der Waals surface area (Å²) in [5, 5.41) is 5.87. The van der Waals surface area contributed by atoms with E-state index in [0.717, 1.165) is 19.6 Å². The number of piperazine rings is 1. The molecule has 2 heterocycles. The third kappa shape index (κ3) is 3.51. The Bertz CT molecular complexity index is 427. The first-order chi connectivity index (χ1) is 9.10. The smallest absolute Gasteiger partial charge is 0.224 e. The van der Waals surface area contributed by atoms with Gasteiger partial charge in [0.25, 0.3) is 0 Å². The van der Waals surface area contributed by atoms with Gasteiger partial charge in [0.1, 0.15) is 0 Å². The molecule has 0 spiro atoms. The van der Waals surface area contributed by atoms with Gasteiger partial charge in [-0.05, 0) is 14.1 Å². The minimum Gasteiger partial charge on any atom is -0.366 e. The zero-order valence-electron chi connectivity index (χ0n) is 11.6. The minimum absolute atomic E-state index is 0.251. The molecule has 0 amide bonds. The number of hydrogen-bond acceptors (Lipinski definition) is 6. The Labute approximate surface area is 113 Å². The van der Waals surface area contributed by atoms with Gasteiger partial charge < -0.3 is 15.5 Å². The van der Waals surface area contributed by atoms with Gasteiger partial charge in [0.05, 0.1) is 6.20 Å². The second-order valence-electron chi connectivity index (χ2n) is 4.92. The molecule has 106 valence electrons. The molecular weight excluding hydrogens is 247 g/mol. The first-order valence-electron chi connectivity index (χ1n) is 6.43. The predicted octanol–water partition coefficient (Wildman–Crippen LogP) is 0.315. The summed E-state index contributed by atoms with van der Waals surface area (Å²) in [6.07, 6.45) is 1.18. The maximum absolute atomic E-state index is 13.6. The van der Waals surface area contributed by atoms with Crippen molar-refractivity contribution < 1.29 is 4.39 Å². The predicted molar refractivity (Wildman–Crippen MR) is 73.9 cm³/mol. The molecule has 1 aliphatic heterocycles. The van der Waals surface area contributed by atoms with Crippen molar-refractivity contribution in [3.63, 3.8) is 0 Å². The third-order valence-electron chi connectivity index (χ3n) is 3.45. The Morgan fingerprint density at radius 3 is 2.95 bits per heavy atom. The summed E-state index contributed by atoms with van der Waals surface area (Å²) < 4.78 is 13.6. The molecule has 1 aromatic heterocycles. The van der Waals surface area contributed by atoms with Crippen LogP contribution in [0.5, 0.6) is 0 Å². The summed E-state index contributed by atoms with van der Waals surface area (Å²) >= 11 is 0. The van der Waals surface area contributed by atoms with E-state index >= 15 is 0 Å². The van der Waals surface area contributed by atoms with E-state index in [0.29, 0.717) is 18.5 Å². The van der Waals surface area contributed by atoms with E-state index in [4.69, 9.17) is 0 Å². The molecule has 1 aliphatic rings. The molecule has 2 N–H and O–H groups in total. The van der Waals surface area contributed by atoms with E-state index in [-0.39, 0.29) is 5.82 Å². The third-order valence-corrected chi connectivity index (χ3v) is 3.45. The topological polar surface area (TPSA) is 56.3 Å². The average Bonchev–Trinajstić information content (AvgIpc) is 2.41. The molecule has 0 saturated carbocycles. The molecule has 7 heteroatoms. The number of hydrogen-bond donors (Lipinski definition) is 2. The van der Waals surface area contributed by atoms with Gasteiger partial charge >= 0.3 is 0 Å². The molecule has 19 heavy (non-hydrogen) atoms. The van der Waals surface area contributed by atoms with E-state index in [1.54, 1.807) is 7.05 Å². The highest BCUT2D eigenvalue weighted by atomic mass is 19.1. The Morgan fingerprint density at radius 1 is 1.42 bits per heavy atom. The van der Waals surface area contributed by atoms with Crippen molar-refractivity contribution in [1.29, 1.82) is 0 Å². The zero-order chi connectivity index (χ0) is 13.8. The van der Waals surface area contributed by atoms with Crippen molar-refractivity contribution in [3.05, 3.63) is 12.0 Å². The van der Waals surface area contributed by atoms with Gasteiger partial charge in [0.15, 0.2) is 11.6 Å². The molecule has 0 radical (unpaired) electrons. The first kappa shape index (κ1) is 14.0. The largest absolute Gasteiger partial charge is 0.366 e. The van der Waals surface area contributed by atoms with Crippen LogP contribution in [0.3, 0.4) is 0 Å². The second-order valence-corrected chi connectivity index (χ2v) is 4.92. The van der Waals surface area contributed by atoms with E-state index in [1.807, 2.05) is 0 Å². The van der Waals surface area contributed by atoms with Gasteiger partial charge in [-0.3, -0.25) is 4.90 Å². The molecule has 0 aliphatic carbocycles. The monoisotopic (exact) mass is 268 g/mol. The Hall–Kier alpha value is -1.47. The van der Waals surface area contributed by atoms with Crippen molar-refractivity contribution in [2.24, 2.45) is 0 Å². The Kier molecular flexibility index (Phi) is 4.49. The summed E-state index contributed by atoms with van der Waals surface area (Å²) in [6.45, 7) is 3.72. The van der Waals surface area contributed by atoms with Gasteiger partial charge in [0, 0.05) is 39.3 Å². The lowest BCUT2D eigenvalue weighted by Crippen LogP contribution is -2.52. The molecule has 1 saturated heterocycles. The van der Waals surface area contributed by atoms with Gasteiger partial charge in [-0.1, -0.05) is 0 Å². The normalized spacial score (nSPS) is 21.4. The molecule has 1 unspecified atom stereocenters. The van der Waals surface area contributed by atoms with Crippen LogP contribution in [0.25, 0.3) is 0 Å². The maximum atomic E-state index is 13.6. The lowest BCUT2D eigenvalue weighted by Gasteiger charge is -2.37. The zero-order valence-corrected chi connectivity index (χ0v) is 11.6. The molecule has 1 fully saturated rings. The highest BCUT2D eigenvalue weighted by Gasteiger charge is 2.22. The lowest BCUT2D eigenvalue weighted by molar-refractivity contribution is 0.121. The van der Waals surface area contributed by atoms with E-state index in [1.165, 1.54) is 6.20 Å². The molecular formula is C12H21FN6. The number of halogens is 1. The van der Waals surface area contributed by atoms with Crippen LogP contribution in [0.4, 0.5) is 16.2 Å². The van der Waals surface area contributed by atoms with Crippen LogP contribution in [0.1, 0.15) is 0 Å². The second kappa shape index (κ2) is 6.12. The highest BCUT2D eigenvalue weighted by Crippen LogP contribution is 2.13. The highest BCUT2D eigenvalue weighted by molar-refractivity contribution is 5.40. The van der Waals surface area contributed by atoms with Crippen molar-refractivity contribution in [1.82, 2.24) is 19.8 Å². The number of likely N-dealkylation sites (N-methyl/N-ethyl adjacent to an activating group) is 2. The molecule has 2 rings (SSSR count). The summed E-state index contributed by atoms with van der Waals surface area (Å²) in [4.78, 5) is 12.5. The van der Waals surface area contributed by atoms with Gasteiger partial charge in [-0.25, -0.2) is 9.37 Å². The first-order valence-corrected chi connectivity index (χ1v) is 6.43. The fraction of sp³-hybridized carbons (Fsp3) is 0.667. The van der Waals surface area contributed by atoms with Crippen molar-refractivity contribution in [2.45, 2.75) is 6.04 Å². The number of anilines is 2. The van der Waals surface area contributed by atoms with Gasteiger partial charge in [-0.2, -0.15) is 4.98 Å². The number of aromatic nitrogens is 2. The van der Waals surface area contributed by atoms with Crippen LogP contribution < -0.4 is 10.6 Å². The summed E-state index contributed by atoms with van der Waals surface area (Å²) in [5.74, 6) is 0.241. The Balaban J connectivity index is 1.97. The molecule has 1 aromatic rings. The van der Waals surface area contributed by atoms with Crippen LogP contribution in [0.15, 0.2) is 6.20 Å². The minimum atomic E-state index is -0.425. The summed E-state index contributed by atoms with van der Waals surface area (Å²) in [5.41, 5.74) is 0. The van der Waals surface area contributed by atoms with Crippen LogP contribution in [0, 0.1) is 5.82 Å². The Morgan fingerprint density at radius 2 is 2.21 bits per heavy atom. The van der Waals surface area contributed by atoms with E-state index in [9.17, 15) is 4.39 Å². The molecule has 0 bridgehead atoms. The van der Waals surface area contributed by atoms with Crippen LogP contribution in [0.2, 0.25) is 0 Å². The summed E-state index contributed by atoms with van der Waals surface area (Å²) in [6, 6.07) is 0.353. The van der Waals surface area contributed by atoms with Crippen LogP contribution in [-0.4, -0.2) is 73.1 Å². The van der Waals surface area contributed by atoms with Crippen molar-refractivity contribution in [2.75, 3.05) is 58.0 Å². The number of nitrogens with zero attached hydrogens (tertiary/aromatic N) is 4. The van der Waals surface area contributed by atoms with Gasteiger partial charge in [0.2, 0.25) is 5.95 Å². The molecule has 0 aromatic carbocycles. The van der Waals surface area contributed by atoms with Crippen molar-refractivity contribution >= 4 is 11.8 Å². The fourth-order valence-electron chi connectivity index (χ4n) is 2.15. The maximum Gasteiger partial charge on any atom is 0.224 e. The standard InChI is InChI=1S/C12H21FN6/c1-14-12-16-7-10(13)11(17-12)15-6-9-8-18(2)4-5-19(9)3/h7,9H,4-6,8H2,1-3H3,(H2,14,15,16,17). The average molecular weight is 268 g/mol. The lowest BCUT2D eigenvalue weighted by atomic mass is 10.2. The van der Waals surface area contributed by atoms with Gasteiger partial charge in [-0.15, -0.1) is 0 Å². The number of rotatable bonds is 4. The quantitative estimate of drug-likeness (QED) is 0.820. The SMILES string of the molecule is CNc1ncc(F)c(NCC2CN(C)CCN2C)n1. The van der Waals surface area contributed by atoms with Crippen LogP contribution >= 0.6 is 0 Å². The molecule has 6 nitrogen and oxygen atoms in total. The fourth-order valence-corrected chi connectivity index (χ4v) is 2.15. The number of nitrogens with one attached hydrogen (secondary N) is 2. The van der Waals surface area contributed by atoms with Crippen LogP contribution in [-0.2, 0) is 0 Å². The van der Waals surface area contributed by atoms with E-state index in [2.05, 4.69) is 44.5 Å². The summed E-state index contributed by atoms with van der Waals surface area (Å²) in [7, 11) is 5.90. The molecule has 1 atom stereocenters. The van der Waals surface area contributed by atoms with E-state index < -0.39 is 5.82 Å².